The van der Waals surface area contributed by atoms with Gasteiger partial charge in [0.15, 0.2) is 0 Å². The molecule has 2 aliphatic rings. The molecule has 0 bridgehead atoms. The number of para-hydroxylation sites is 2. The van der Waals surface area contributed by atoms with E-state index in [-0.39, 0.29) is 36.8 Å². The third kappa shape index (κ3) is 4.68. The Labute approximate surface area is 156 Å². The number of rotatable bonds is 3. The molecule has 3 rings (SSSR count). The van der Waals surface area contributed by atoms with Crippen LogP contribution in [0, 0.1) is 0 Å². The zero-order valence-electron chi connectivity index (χ0n) is 14.1. The fourth-order valence-corrected chi connectivity index (χ4v) is 3.34. The first kappa shape index (κ1) is 20.9. The van der Waals surface area contributed by atoms with E-state index < -0.39 is 0 Å². The van der Waals surface area contributed by atoms with Crippen LogP contribution in [0.2, 0.25) is 0 Å². The van der Waals surface area contributed by atoms with Gasteiger partial charge in [0.05, 0.1) is 18.8 Å². The number of carbonyl (C=O) groups excluding carboxylic acids is 1. The van der Waals surface area contributed by atoms with E-state index in [1.165, 1.54) is 6.42 Å². The fraction of sp³-hybridized carbons (Fsp3) is 0.588. The summed E-state index contributed by atoms with van der Waals surface area (Å²) in [6.07, 6.45) is 3.32. The van der Waals surface area contributed by atoms with E-state index in [2.05, 4.69) is 16.3 Å². The zero-order chi connectivity index (χ0) is 15.4. The SMILES string of the molecule is COc1ccccc1N1CCN(C(=O)[C@H]2CCCCN2)CC1.Cl.Cl. The summed E-state index contributed by atoms with van der Waals surface area (Å²) >= 11 is 0. The number of hydrogen-bond donors (Lipinski definition) is 1. The van der Waals surface area contributed by atoms with Crippen LogP contribution >= 0.6 is 24.8 Å². The van der Waals surface area contributed by atoms with E-state index in [0.717, 1.165) is 57.0 Å². The highest BCUT2D eigenvalue weighted by Crippen LogP contribution is 2.28. The maximum Gasteiger partial charge on any atom is 0.239 e. The first-order valence-electron chi connectivity index (χ1n) is 8.20. The molecular formula is C17H27Cl2N3O2. The van der Waals surface area contributed by atoms with Gasteiger partial charge < -0.3 is 19.9 Å². The number of nitrogens with zero attached hydrogens (tertiary/aromatic N) is 2. The Morgan fingerprint density at radius 1 is 1.12 bits per heavy atom. The third-order valence-corrected chi connectivity index (χ3v) is 4.63. The quantitative estimate of drug-likeness (QED) is 0.880. The molecule has 2 aliphatic heterocycles. The number of methoxy groups -OCH3 is 1. The van der Waals surface area contributed by atoms with Crippen molar-refractivity contribution < 1.29 is 9.53 Å². The van der Waals surface area contributed by atoms with Crippen molar-refractivity contribution in [3.05, 3.63) is 24.3 Å². The molecule has 0 aromatic heterocycles. The summed E-state index contributed by atoms with van der Waals surface area (Å²) < 4.78 is 5.44. The molecule has 1 amide bonds. The Bertz CT molecular complexity index is 516. The zero-order valence-corrected chi connectivity index (χ0v) is 15.7. The van der Waals surface area contributed by atoms with Gasteiger partial charge in [-0.1, -0.05) is 18.6 Å². The monoisotopic (exact) mass is 375 g/mol. The Balaban J connectivity index is 0.00000144. The molecule has 2 heterocycles. The normalized spacial score (nSPS) is 20.6. The minimum Gasteiger partial charge on any atom is -0.495 e. The number of anilines is 1. The maximum absolute atomic E-state index is 12.5. The van der Waals surface area contributed by atoms with E-state index in [9.17, 15) is 4.79 Å². The molecule has 0 saturated carbocycles. The van der Waals surface area contributed by atoms with Gasteiger partial charge in [-0.25, -0.2) is 0 Å². The molecule has 5 nitrogen and oxygen atoms in total. The van der Waals surface area contributed by atoms with Gasteiger partial charge in [-0.3, -0.25) is 4.79 Å². The lowest BCUT2D eigenvalue weighted by atomic mass is 10.0. The van der Waals surface area contributed by atoms with Crippen LogP contribution in [0.1, 0.15) is 19.3 Å². The predicted molar refractivity (Wildman–Crippen MR) is 102 cm³/mol. The summed E-state index contributed by atoms with van der Waals surface area (Å²) in [6, 6.07) is 8.11. The Morgan fingerprint density at radius 3 is 2.46 bits per heavy atom. The van der Waals surface area contributed by atoms with Crippen LogP contribution in [0.25, 0.3) is 0 Å². The summed E-state index contributed by atoms with van der Waals surface area (Å²) in [5, 5.41) is 3.35. The molecule has 7 heteroatoms. The Kier molecular flexibility index (Phi) is 8.67. The minimum absolute atomic E-state index is 0. The number of benzene rings is 1. The summed E-state index contributed by atoms with van der Waals surface area (Å²) in [7, 11) is 1.70. The summed E-state index contributed by atoms with van der Waals surface area (Å²) in [5.74, 6) is 1.18. The van der Waals surface area contributed by atoms with E-state index in [4.69, 9.17) is 4.74 Å². The molecule has 1 aromatic carbocycles. The highest BCUT2D eigenvalue weighted by Gasteiger charge is 2.28. The average Bonchev–Trinajstić information content (AvgIpc) is 2.62. The molecular weight excluding hydrogens is 349 g/mol. The number of halogens is 2. The van der Waals surface area contributed by atoms with E-state index in [1.807, 2.05) is 23.1 Å². The molecule has 0 spiro atoms. The van der Waals surface area contributed by atoms with Crippen LogP contribution in [-0.2, 0) is 4.79 Å². The predicted octanol–water partition coefficient (Wildman–Crippen LogP) is 2.33. The molecule has 2 fully saturated rings. The molecule has 0 radical (unpaired) electrons. The molecule has 1 atom stereocenters. The highest BCUT2D eigenvalue weighted by atomic mass is 35.5. The first-order chi connectivity index (χ1) is 10.8. The van der Waals surface area contributed by atoms with Crippen molar-refractivity contribution in [1.82, 2.24) is 10.2 Å². The maximum atomic E-state index is 12.5. The van der Waals surface area contributed by atoms with Crippen LogP contribution in [0.4, 0.5) is 5.69 Å². The summed E-state index contributed by atoms with van der Waals surface area (Å²) in [4.78, 5) is 16.9. The number of nitrogens with one attached hydrogen (secondary N) is 1. The van der Waals surface area contributed by atoms with Crippen molar-refractivity contribution in [2.45, 2.75) is 25.3 Å². The first-order valence-corrected chi connectivity index (χ1v) is 8.20. The minimum atomic E-state index is 0. The van der Waals surface area contributed by atoms with Crippen molar-refractivity contribution in [3.63, 3.8) is 0 Å². The molecule has 24 heavy (non-hydrogen) atoms. The molecule has 1 N–H and O–H groups in total. The lowest BCUT2D eigenvalue weighted by Gasteiger charge is -2.38. The van der Waals surface area contributed by atoms with Gasteiger partial charge in [-0.15, -0.1) is 24.8 Å². The van der Waals surface area contributed by atoms with Gasteiger partial charge >= 0.3 is 0 Å². The van der Waals surface area contributed by atoms with Crippen molar-refractivity contribution in [1.29, 1.82) is 0 Å². The van der Waals surface area contributed by atoms with Crippen molar-refractivity contribution in [2.24, 2.45) is 0 Å². The largest absolute Gasteiger partial charge is 0.495 e. The molecule has 0 aliphatic carbocycles. The van der Waals surface area contributed by atoms with E-state index in [0.29, 0.717) is 0 Å². The molecule has 2 saturated heterocycles. The molecule has 1 aromatic rings. The number of piperazine rings is 1. The lowest BCUT2D eigenvalue weighted by Crippen LogP contribution is -2.55. The number of amides is 1. The topological polar surface area (TPSA) is 44.8 Å². The van der Waals surface area contributed by atoms with Gasteiger partial charge in [0.25, 0.3) is 0 Å². The number of piperidine rings is 1. The van der Waals surface area contributed by atoms with Gasteiger partial charge in [0.1, 0.15) is 5.75 Å². The van der Waals surface area contributed by atoms with E-state index >= 15 is 0 Å². The van der Waals surface area contributed by atoms with Crippen LogP contribution in [0.5, 0.6) is 5.75 Å². The van der Waals surface area contributed by atoms with Gasteiger partial charge in [0, 0.05) is 26.2 Å². The van der Waals surface area contributed by atoms with Crippen molar-refractivity contribution >= 4 is 36.4 Å². The average molecular weight is 376 g/mol. The van der Waals surface area contributed by atoms with Crippen LogP contribution < -0.4 is 15.0 Å². The summed E-state index contributed by atoms with van der Waals surface area (Å²) in [6.45, 7) is 4.26. The Hall–Kier alpha value is -1.17. The van der Waals surface area contributed by atoms with Crippen LogP contribution in [-0.4, -0.2) is 56.7 Å². The fourth-order valence-electron chi connectivity index (χ4n) is 3.34. The third-order valence-electron chi connectivity index (χ3n) is 4.63. The Morgan fingerprint density at radius 2 is 1.83 bits per heavy atom. The van der Waals surface area contributed by atoms with Crippen LogP contribution in [0.3, 0.4) is 0 Å². The van der Waals surface area contributed by atoms with Gasteiger partial charge in [-0.05, 0) is 31.5 Å². The second kappa shape index (κ2) is 9.97. The molecule has 0 unspecified atom stereocenters. The summed E-state index contributed by atoms with van der Waals surface area (Å²) in [5.41, 5.74) is 1.12. The second-order valence-corrected chi connectivity index (χ2v) is 5.99. The number of hydrogen-bond acceptors (Lipinski definition) is 4. The van der Waals surface area contributed by atoms with Crippen LogP contribution in [0.15, 0.2) is 24.3 Å². The lowest BCUT2D eigenvalue weighted by molar-refractivity contribution is -0.134. The van der Waals surface area contributed by atoms with E-state index in [1.54, 1.807) is 7.11 Å². The van der Waals surface area contributed by atoms with Gasteiger partial charge in [-0.2, -0.15) is 0 Å². The van der Waals surface area contributed by atoms with Crippen molar-refractivity contribution in [3.8, 4) is 5.75 Å². The standard InChI is InChI=1S/C17H25N3O2.2ClH/c1-22-16-8-3-2-7-15(16)19-10-12-20(13-11-19)17(21)14-6-4-5-9-18-14;;/h2-3,7-8,14,18H,4-6,9-13H2,1H3;2*1H/t14-;;/m1../s1. The molecule has 136 valence electrons. The second-order valence-electron chi connectivity index (χ2n) is 5.99. The highest BCUT2D eigenvalue weighted by molar-refractivity contribution is 5.85. The number of ether oxygens (including phenoxy) is 1. The van der Waals surface area contributed by atoms with Crippen molar-refractivity contribution in [2.75, 3.05) is 44.7 Å². The van der Waals surface area contributed by atoms with Gasteiger partial charge in [0.2, 0.25) is 5.91 Å². The number of carbonyl (C=O) groups is 1. The smallest absolute Gasteiger partial charge is 0.239 e.